The fraction of sp³-hybridized carbons (Fsp3) is 0. The molecule has 21 heavy (non-hydrogen) atoms. The van der Waals surface area contributed by atoms with E-state index in [-0.39, 0.29) is 6.03 Å². The molecule has 0 aliphatic carbocycles. The maximum atomic E-state index is 11.9. The van der Waals surface area contributed by atoms with Crippen LogP contribution in [0, 0.1) is 0 Å². The highest BCUT2D eigenvalue weighted by molar-refractivity contribution is 6.00. The number of pyridine rings is 1. The van der Waals surface area contributed by atoms with Gasteiger partial charge in [0, 0.05) is 16.8 Å². The third-order valence-electron chi connectivity index (χ3n) is 2.99. The molecule has 4 N–H and O–H groups in total. The lowest BCUT2D eigenvalue weighted by Gasteiger charge is -2.08. The summed E-state index contributed by atoms with van der Waals surface area (Å²) in [6.07, 6.45) is 1.63. The van der Waals surface area contributed by atoms with Gasteiger partial charge in [0.25, 0.3) is 0 Å². The number of nitrogens with zero attached hydrogens (tertiary/aromatic N) is 1. The van der Waals surface area contributed by atoms with Gasteiger partial charge in [-0.3, -0.25) is 4.98 Å². The summed E-state index contributed by atoms with van der Waals surface area (Å²) in [5.41, 5.74) is 8.43. The Morgan fingerprint density at radius 2 is 1.76 bits per heavy atom. The molecule has 0 aliphatic heterocycles. The van der Waals surface area contributed by atoms with E-state index in [1.807, 2.05) is 30.3 Å². The van der Waals surface area contributed by atoms with E-state index in [1.165, 1.54) is 0 Å². The Morgan fingerprint density at radius 3 is 2.62 bits per heavy atom. The monoisotopic (exact) mass is 278 g/mol. The average Bonchev–Trinajstić information content (AvgIpc) is 2.47. The van der Waals surface area contributed by atoms with Gasteiger partial charge in [0.15, 0.2) is 0 Å². The SMILES string of the molecule is Nc1cccc(NC(=O)Nc2cnc3ccccc3c2)c1. The van der Waals surface area contributed by atoms with Gasteiger partial charge in [0.05, 0.1) is 17.4 Å². The quantitative estimate of drug-likeness (QED) is 0.628. The van der Waals surface area contributed by atoms with Crippen molar-refractivity contribution in [3.63, 3.8) is 0 Å². The first-order chi connectivity index (χ1) is 10.2. The summed E-state index contributed by atoms with van der Waals surface area (Å²) in [4.78, 5) is 16.2. The standard InChI is InChI=1S/C16H14N4O/c17-12-5-3-6-13(9-12)19-16(21)20-14-8-11-4-1-2-7-15(11)18-10-14/h1-10H,17H2,(H2,19,20,21). The molecule has 1 aromatic heterocycles. The fourth-order valence-corrected chi connectivity index (χ4v) is 2.05. The molecule has 0 radical (unpaired) electrons. The number of nitrogens with one attached hydrogen (secondary N) is 2. The smallest absolute Gasteiger partial charge is 0.323 e. The van der Waals surface area contributed by atoms with Gasteiger partial charge < -0.3 is 16.4 Å². The molecule has 0 saturated carbocycles. The van der Waals surface area contributed by atoms with Crippen molar-refractivity contribution < 1.29 is 4.79 Å². The Labute approximate surface area is 121 Å². The predicted molar refractivity (Wildman–Crippen MR) is 85.2 cm³/mol. The molecule has 1 heterocycles. The maximum absolute atomic E-state index is 11.9. The molecule has 3 rings (SSSR count). The van der Waals surface area contributed by atoms with Crippen molar-refractivity contribution in [2.24, 2.45) is 0 Å². The highest BCUT2D eigenvalue weighted by atomic mass is 16.2. The predicted octanol–water partition coefficient (Wildman–Crippen LogP) is 3.46. The van der Waals surface area contributed by atoms with Gasteiger partial charge in [-0.15, -0.1) is 0 Å². The largest absolute Gasteiger partial charge is 0.399 e. The summed E-state index contributed by atoms with van der Waals surface area (Å²) in [5.74, 6) is 0. The van der Waals surface area contributed by atoms with Gasteiger partial charge in [-0.1, -0.05) is 24.3 Å². The van der Waals surface area contributed by atoms with Gasteiger partial charge in [0.2, 0.25) is 0 Å². The first-order valence-corrected chi connectivity index (χ1v) is 6.49. The Kier molecular flexibility index (Phi) is 3.39. The molecule has 104 valence electrons. The van der Waals surface area contributed by atoms with Crippen LogP contribution in [0.15, 0.2) is 60.8 Å². The molecule has 0 spiro atoms. The zero-order chi connectivity index (χ0) is 14.7. The summed E-state index contributed by atoms with van der Waals surface area (Å²) < 4.78 is 0. The topological polar surface area (TPSA) is 80.0 Å². The summed E-state index contributed by atoms with van der Waals surface area (Å²) in [6.45, 7) is 0. The second kappa shape index (κ2) is 5.50. The molecule has 5 heteroatoms. The van der Waals surface area contributed by atoms with Gasteiger partial charge in [-0.2, -0.15) is 0 Å². The van der Waals surface area contributed by atoms with E-state index in [1.54, 1.807) is 30.5 Å². The first kappa shape index (κ1) is 12.9. The molecular weight excluding hydrogens is 264 g/mol. The number of para-hydroxylation sites is 1. The van der Waals surface area contributed by atoms with Crippen molar-refractivity contribution in [1.29, 1.82) is 0 Å². The van der Waals surface area contributed by atoms with Crippen molar-refractivity contribution in [3.8, 4) is 0 Å². The second-order valence-electron chi connectivity index (χ2n) is 4.62. The van der Waals surface area contributed by atoms with Crippen LogP contribution in [0.2, 0.25) is 0 Å². The van der Waals surface area contributed by atoms with Gasteiger partial charge in [-0.25, -0.2) is 4.79 Å². The van der Waals surface area contributed by atoms with Crippen molar-refractivity contribution in [2.75, 3.05) is 16.4 Å². The van der Waals surface area contributed by atoms with Crippen LogP contribution in [0.3, 0.4) is 0 Å². The zero-order valence-corrected chi connectivity index (χ0v) is 11.2. The van der Waals surface area contributed by atoms with E-state index in [9.17, 15) is 4.79 Å². The third kappa shape index (κ3) is 3.09. The number of carbonyl (C=O) groups excluding carboxylic acids is 1. The zero-order valence-electron chi connectivity index (χ0n) is 11.2. The van der Waals surface area contributed by atoms with Crippen LogP contribution < -0.4 is 16.4 Å². The van der Waals surface area contributed by atoms with Crippen LogP contribution in [-0.2, 0) is 0 Å². The highest BCUT2D eigenvalue weighted by Gasteiger charge is 2.04. The molecule has 2 amide bonds. The van der Waals surface area contributed by atoms with E-state index >= 15 is 0 Å². The average molecular weight is 278 g/mol. The number of hydrogen-bond donors (Lipinski definition) is 3. The maximum Gasteiger partial charge on any atom is 0.323 e. The van der Waals surface area contributed by atoms with E-state index in [4.69, 9.17) is 5.73 Å². The highest BCUT2D eigenvalue weighted by Crippen LogP contribution is 2.17. The lowest BCUT2D eigenvalue weighted by atomic mass is 10.2. The van der Waals surface area contributed by atoms with Crippen molar-refractivity contribution in [1.82, 2.24) is 4.98 Å². The molecule has 0 bridgehead atoms. The Hall–Kier alpha value is -3.08. The number of rotatable bonds is 2. The minimum Gasteiger partial charge on any atom is -0.399 e. The minimum absolute atomic E-state index is 0.335. The molecule has 2 aromatic carbocycles. The number of aromatic nitrogens is 1. The summed E-state index contributed by atoms with van der Waals surface area (Å²) in [6, 6.07) is 16.3. The summed E-state index contributed by atoms with van der Waals surface area (Å²) >= 11 is 0. The Bertz CT molecular complexity index is 801. The Morgan fingerprint density at radius 1 is 0.952 bits per heavy atom. The van der Waals surface area contributed by atoms with Crippen LogP contribution in [0.1, 0.15) is 0 Å². The van der Waals surface area contributed by atoms with Crippen LogP contribution in [0.5, 0.6) is 0 Å². The number of carbonyl (C=O) groups is 1. The molecule has 0 aliphatic rings. The van der Waals surface area contributed by atoms with E-state index < -0.39 is 0 Å². The molecule has 0 saturated heterocycles. The van der Waals surface area contributed by atoms with Crippen molar-refractivity contribution >= 4 is 34.0 Å². The van der Waals surface area contributed by atoms with Gasteiger partial charge in [0.1, 0.15) is 0 Å². The van der Waals surface area contributed by atoms with Gasteiger partial charge in [-0.05, 0) is 30.3 Å². The number of hydrogen-bond acceptors (Lipinski definition) is 3. The second-order valence-corrected chi connectivity index (χ2v) is 4.62. The van der Waals surface area contributed by atoms with Crippen molar-refractivity contribution in [3.05, 3.63) is 60.8 Å². The number of nitrogens with two attached hydrogens (primary N) is 1. The normalized spacial score (nSPS) is 10.3. The number of anilines is 3. The number of fused-ring (bicyclic) bond motifs is 1. The molecule has 0 unspecified atom stereocenters. The van der Waals surface area contributed by atoms with Crippen LogP contribution in [0.4, 0.5) is 21.9 Å². The first-order valence-electron chi connectivity index (χ1n) is 6.49. The fourth-order valence-electron chi connectivity index (χ4n) is 2.05. The molecule has 5 nitrogen and oxygen atoms in total. The van der Waals surface area contributed by atoms with Crippen molar-refractivity contribution in [2.45, 2.75) is 0 Å². The molecule has 3 aromatic rings. The minimum atomic E-state index is -0.335. The molecule has 0 fully saturated rings. The van der Waals surface area contributed by atoms with Crippen LogP contribution >= 0.6 is 0 Å². The Balaban J connectivity index is 1.74. The third-order valence-corrected chi connectivity index (χ3v) is 2.99. The van der Waals surface area contributed by atoms with Crippen LogP contribution in [-0.4, -0.2) is 11.0 Å². The number of amides is 2. The molecular formula is C16H14N4O. The van der Waals surface area contributed by atoms with Gasteiger partial charge >= 0.3 is 6.03 Å². The number of benzene rings is 2. The van der Waals surface area contributed by atoms with E-state index in [0.29, 0.717) is 17.1 Å². The molecule has 0 atom stereocenters. The lowest BCUT2D eigenvalue weighted by molar-refractivity contribution is 0.262. The summed E-state index contributed by atoms with van der Waals surface area (Å²) in [7, 11) is 0. The van der Waals surface area contributed by atoms with Crippen LogP contribution in [0.25, 0.3) is 10.9 Å². The van der Waals surface area contributed by atoms with E-state index in [2.05, 4.69) is 15.6 Å². The number of urea groups is 1. The summed E-state index contributed by atoms with van der Waals surface area (Å²) in [5, 5.41) is 6.44. The number of nitrogen functional groups attached to an aromatic ring is 1. The lowest BCUT2D eigenvalue weighted by Crippen LogP contribution is -2.19. The van der Waals surface area contributed by atoms with E-state index in [0.717, 1.165) is 10.9 Å².